The van der Waals surface area contributed by atoms with E-state index in [9.17, 15) is 18.0 Å². The van der Waals surface area contributed by atoms with E-state index < -0.39 is 41.5 Å². The van der Waals surface area contributed by atoms with Crippen LogP contribution < -0.4 is 21.2 Å². The zero-order valence-corrected chi connectivity index (χ0v) is 14.8. The van der Waals surface area contributed by atoms with Crippen molar-refractivity contribution in [3.63, 3.8) is 0 Å². The molecule has 0 spiro atoms. The van der Waals surface area contributed by atoms with Gasteiger partial charge in [-0.3, -0.25) is 0 Å². The summed E-state index contributed by atoms with van der Waals surface area (Å²) in [7, 11) is 0. The van der Waals surface area contributed by atoms with E-state index in [2.05, 4.69) is 4.74 Å². The number of rotatable bonds is 5. The quantitative estimate of drug-likeness (QED) is 0.307. The predicted octanol–water partition coefficient (Wildman–Crippen LogP) is -0.276. The van der Waals surface area contributed by atoms with Gasteiger partial charge in [-0.25, -0.2) is 0 Å². The van der Waals surface area contributed by atoms with Gasteiger partial charge in [0.1, 0.15) is 0 Å². The summed E-state index contributed by atoms with van der Waals surface area (Å²) in [6.07, 6.45) is -6.49. The van der Waals surface area contributed by atoms with Crippen LogP contribution in [-0.2, 0) is 9.53 Å². The molecule has 0 amide bonds. The third kappa shape index (κ3) is 5.07. The van der Waals surface area contributed by atoms with Gasteiger partial charge in [0.25, 0.3) is 0 Å². The first-order chi connectivity index (χ1) is 7.55. The van der Waals surface area contributed by atoms with Crippen LogP contribution in [0.1, 0.15) is 13.8 Å². The Kier molecular flexibility index (Phi) is 7.05. The van der Waals surface area contributed by atoms with Crippen molar-refractivity contribution in [1.82, 2.24) is 0 Å². The van der Waals surface area contributed by atoms with Crippen molar-refractivity contribution in [2.24, 2.45) is 0 Å². The van der Waals surface area contributed by atoms with Crippen LogP contribution in [0.3, 0.4) is 0 Å². The molecule has 0 rings (SSSR count). The van der Waals surface area contributed by atoms with Gasteiger partial charge in [0, 0.05) is 0 Å². The van der Waals surface area contributed by atoms with Crippen molar-refractivity contribution < 1.29 is 43.9 Å². The number of hydrogen-bond donors (Lipinski definition) is 0. The first-order valence-electron chi connectivity index (χ1n) is 4.77. The molecule has 17 heavy (non-hydrogen) atoms. The molecule has 7 heteroatoms. The third-order valence-electron chi connectivity index (χ3n) is 2.39. The third-order valence-corrected chi connectivity index (χ3v) is 11.7. The van der Waals surface area contributed by atoms with Crippen LogP contribution in [0.4, 0.5) is 13.2 Å². The molecule has 0 radical (unpaired) electrons. The fourth-order valence-corrected chi connectivity index (χ4v) is 10.0. The molecule has 0 aliphatic heterocycles. The summed E-state index contributed by atoms with van der Waals surface area (Å²) in [4.78, 5) is 17.9. The minimum absolute atomic E-state index is 0.147. The van der Waals surface area contributed by atoms with Gasteiger partial charge in [0.15, 0.2) is 0 Å². The van der Waals surface area contributed by atoms with Crippen molar-refractivity contribution in [3.05, 3.63) is 0 Å². The molecular formula is C10H18F3I2O2-. The van der Waals surface area contributed by atoms with E-state index >= 15 is 0 Å². The van der Waals surface area contributed by atoms with Crippen molar-refractivity contribution in [2.45, 2.75) is 29.5 Å². The monoisotopic (exact) mass is 481 g/mol. The number of carbonyl (C=O) groups is 1. The molecule has 0 aliphatic rings. The first-order valence-corrected chi connectivity index (χ1v) is 13.8. The maximum atomic E-state index is 12.3. The second kappa shape index (κ2) is 6.76. The molecule has 0 aromatic rings. The zero-order valence-electron chi connectivity index (χ0n) is 10.5. The van der Waals surface area contributed by atoms with Gasteiger partial charge >= 0.3 is 118 Å². The Labute approximate surface area is 118 Å². The Balaban J connectivity index is 4.77. The van der Waals surface area contributed by atoms with E-state index in [1.807, 2.05) is 14.8 Å². The van der Waals surface area contributed by atoms with E-state index in [4.69, 9.17) is 0 Å². The summed E-state index contributed by atoms with van der Waals surface area (Å²) in [5, 5.41) is 0. The molecule has 106 valence electrons. The molecule has 0 bridgehead atoms. The van der Waals surface area contributed by atoms with Crippen LogP contribution in [0.25, 0.3) is 0 Å². The van der Waals surface area contributed by atoms with Gasteiger partial charge in [-0.1, -0.05) is 0 Å². The van der Waals surface area contributed by atoms with E-state index in [1.165, 1.54) is 0 Å². The van der Waals surface area contributed by atoms with Crippen molar-refractivity contribution in [1.29, 1.82) is 0 Å². The van der Waals surface area contributed by atoms with Gasteiger partial charge < -0.3 is 0 Å². The number of halogens is 5. The maximum absolute atomic E-state index is 12.3. The predicted molar refractivity (Wildman–Crippen MR) is 66.7 cm³/mol. The second-order valence-electron chi connectivity index (χ2n) is 3.94. The number of hydrogen-bond acceptors (Lipinski definition) is 2. The molecule has 2 nitrogen and oxygen atoms in total. The molecule has 0 fully saturated rings. The Hall–Kier alpha value is 0.720. The van der Waals surface area contributed by atoms with Crippen LogP contribution in [0.15, 0.2) is 0 Å². The standard InChI is InChI=1S/C10H18F3I2O2/c1-7(10(11,12)13)17-8(16)9(2,6-14-3)15(4)5/h7H,6H2,1-5H3/q-1. The molecule has 0 aromatic carbocycles. The van der Waals surface area contributed by atoms with Crippen molar-refractivity contribution in [2.75, 3.05) is 19.2 Å². The summed E-state index contributed by atoms with van der Waals surface area (Å²) in [5.41, 5.74) is 0. The van der Waals surface area contributed by atoms with Gasteiger partial charge in [0.2, 0.25) is 0 Å². The van der Waals surface area contributed by atoms with Gasteiger partial charge in [-0.2, -0.15) is 0 Å². The summed E-state index contributed by atoms with van der Waals surface area (Å²) >= 11 is -1.73. The molecule has 0 N–H and O–H groups in total. The fourth-order valence-electron chi connectivity index (χ4n) is 0.911. The zero-order chi connectivity index (χ0) is 13.9. The van der Waals surface area contributed by atoms with E-state index in [1.54, 1.807) is 6.92 Å². The van der Waals surface area contributed by atoms with Crippen LogP contribution >= 0.6 is 19.8 Å². The van der Waals surface area contributed by atoms with Gasteiger partial charge in [-0.15, -0.1) is 0 Å². The number of esters is 1. The van der Waals surface area contributed by atoms with Crippen LogP contribution in [0.2, 0.25) is 0 Å². The number of ether oxygens (including phenoxy) is 1. The van der Waals surface area contributed by atoms with Crippen LogP contribution in [0.5, 0.6) is 0 Å². The molecule has 0 heterocycles. The number of alkyl halides is 8. The van der Waals surface area contributed by atoms with E-state index in [-0.39, 0.29) is 21.2 Å². The first kappa shape index (κ1) is 17.7. The average molecular weight is 481 g/mol. The molecule has 2 unspecified atom stereocenters. The fraction of sp³-hybridized carbons (Fsp3) is 0.900. The Bertz CT molecular complexity index is 269. The van der Waals surface area contributed by atoms with Crippen molar-refractivity contribution in [3.8, 4) is 0 Å². The van der Waals surface area contributed by atoms with Gasteiger partial charge in [-0.05, 0) is 0 Å². The Morgan fingerprint density at radius 2 is 1.88 bits per heavy atom. The molecule has 2 atom stereocenters. The molecule has 0 aromatic heterocycles. The second-order valence-corrected chi connectivity index (χ2v) is 12.9. The Morgan fingerprint density at radius 1 is 1.41 bits per heavy atom. The topological polar surface area (TPSA) is 26.3 Å². The summed E-state index contributed by atoms with van der Waals surface area (Å²) in [5.74, 6) is -0.668. The minimum atomic E-state index is -4.47. The normalized spacial score (nSPS) is 18.5. The number of carbonyl (C=O) groups excluding carboxylic acids is 1. The summed E-state index contributed by atoms with van der Waals surface area (Å²) < 4.78 is 41.6. The SMILES string of the molecule is C[I-]CC(C)(C(=O)OC(C)C(F)(F)F)I(C)C. The Morgan fingerprint density at radius 3 is 2.18 bits per heavy atom. The van der Waals surface area contributed by atoms with Crippen LogP contribution in [0, 0.1) is 0 Å². The van der Waals surface area contributed by atoms with Gasteiger partial charge in [0.05, 0.1) is 0 Å². The molecule has 0 aliphatic carbocycles. The van der Waals surface area contributed by atoms with E-state index in [0.717, 1.165) is 6.92 Å². The summed E-state index contributed by atoms with van der Waals surface area (Å²) in [6, 6.07) is 0. The van der Waals surface area contributed by atoms with E-state index in [0.29, 0.717) is 4.43 Å². The molecule has 0 saturated heterocycles. The summed E-state index contributed by atoms with van der Waals surface area (Å²) in [6.45, 7) is 2.63. The molecular weight excluding hydrogens is 463 g/mol. The average Bonchev–Trinajstić information content (AvgIpc) is 2.15. The van der Waals surface area contributed by atoms with Crippen molar-refractivity contribution >= 4 is 25.8 Å². The molecule has 0 saturated carbocycles. The van der Waals surface area contributed by atoms with Crippen LogP contribution in [-0.4, -0.2) is 40.9 Å².